The summed E-state index contributed by atoms with van der Waals surface area (Å²) in [6.45, 7) is 3.20. The van der Waals surface area contributed by atoms with E-state index in [0.29, 0.717) is 6.42 Å². The van der Waals surface area contributed by atoms with Crippen molar-refractivity contribution >= 4 is 37.6 Å². The maximum atomic E-state index is 12.2. The second kappa shape index (κ2) is 7.16. The lowest BCUT2D eigenvalue weighted by Gasteiger charge is -2.14. The van der Waals surface area contributed by atoms with Crippen molar-refractivity contribution in [2.75, 3.05) is 0 Å². The number of benzene rings is 1. The quantitative estimate of drug-likeness (QED) is 0.538. The smallest absolute Gasteiger partial charge is 0.321 e. The Balaban J connectivity index is 3.28. The predicted molar refractivity (Wildman–Crippen MR) is 82.2 cm³/mol. The van der Waals surface area contributed by atoms with E-state index in [0.717, 1.165) is 6.07 Å². The monoisotopic (exact) mass is 394 g/mol. The SMILES string of the molecule is CCCC(NS(=O)(=O)c1cc(Br)c(C)c([N+](=O)[O-])c1)C(=O)O. The van der Waals surface area contributed by atoms with E-state index in [4.69, 9.17) is 5.11 Å². The maximum Gasteiger partial charge on any atom is 0.321 e. The highest BCUT2D eigenvalue weighted by Gasteiger charge is 2.27. The first-order chi connectivity index (χ1) is 10.1. The molecule has 1 aromatic carbocycles. The van der Waals surface area contributed by atoms with Gasteiger partial charge in [0.05, 0.1) is 9.82 Å². The van der Waals surface area contributed by atoms with E-state index in [1.807, 2.05) is 0 Å². The number of carboxylic acid groups (broad SMARTS) is 1. The summed E-state index contributed by atoms with van der Waals surface area (Å²) >= 11 is 3.07. The van der Waals surface area contributed by atoms with Crippen molar-refractivity contribution in [2.24, 2.45) is 0 Å². The van der Waals surface area contributed by atoms with Crippen molar-refractivity contribution in [1.29, 1.82) is 0 Å². The lowest BCUT2D eigenvalue weighted by molar-refractivity contribution is -0.385. The fourth-order valence-electron chi connectivity index (χ4n) is 1.76. The van der Waals surface area contributed by atoms with Gasteiger partial charge in [0.15, 0.2) is 0 Å². The molecule has 0 bridgehead atoms. The minimum Gasteiger partial charge on any atom is -0.480 e. The molecule has 2 N–H and O–H groups in total. The topological polar surface area (TPSA) is 127 Å². The first-order valence-corrected chi connectivity index (χ1v) is 8.57. The summed E-state index contributed by atoms with van der Waals surface area (Å²) in [5, 5.41) is 20.0. The Bertz CT molecular complexity index is 704. The summed E-state index contributed by atoms with van der Waals surface area (Å²) in [5.74, 6) is -1.30. The zero-order chi connectivity index (χ0) is 17.1. The molecule has 0 aliphatic heterocycles. The number of nitro groups is 1. The fraction of sp³-hybridized carbons (Fsp3) is 0.417. The van der Waals surface area contributed by atoms with Gasteiger partial charge in [-0.2, -0.15) is 4.72 Å². The van der Waals surface area contributed by atoms with Gasteiger partial charge in [0.1, 0.15) is 6.04 Å². The van der Waals surface area contributed by atoms with E-state index in [1.54, 1.807) is 6.92 Å². The van der Waals surface area contributed by atoms with Crippen LogP contribution in [0.1, 0.15) is 25.3 Å². The Morgan fingerprint density at radius 2 is 2.09 bits per heavy atom. The van der Waals surface area contributed by atoms with Gasteiger partial charge in [0.25, 0.3) is 5.69 Å². The number of carbonyl (C=O) groups is 1. The van der Waals surface area contributed by atoms with Crippen LogP contribution in [0.15, 0.2) is 21.5 Å². The highest BCUT2D eigenvalue weighted by Crippen LogP contribution is 2.29. The highest BCUT2D eigenvalue weighted by atomic mass is 79.9. The number of rotatable bonds is 7. The van der Waals surface area contributed by atoms with Gasteiger partial charge in [-0.05, 0) is 19.4 Å². The first-order valence-electron chi connectivity index (χ1n) is 6.29. The van der Waals surface area contributed by atoms with Crippen LogP contribution in [0.3, 0.4) is 0 Å². The molecule has 8 nitrogen and oxygen atoms in total. The summed E-state index contributed by atoms with van der Waals surface area (Å²) < 4.78 is 26.8. The Kier molecular flexibility index (Phi) is 6.03. The Labute approximate surface area is 135 Å². The number of halogens is 1. The van der Waals surface area contributed by atoms with E-state index in [1.165, 1.54) is 13.0 Å². The molecule has 0 fully saturated rings. The van der Waals surface area contributed by atoms with Gasteiger partial charge in [-0.1, -0.05) is 29.3 Å². The lowest BCUT2D eigenvalue weighted by Crippen LogP contribution is -2.40. The molecule has 1 aromatic rings. The molecule has 22 heavy (non-hydrogen) atoms. The fourth-order valence-corrected chi connectivity index (χ4v) is 3.63. The van der Waals surface area contributed by atoms with Crippen LogP contribution in [-0.2, 0) is 14.8 Å². The summed E-state index contributed by atoms with van der Waals surface area (Å²) in [7, 11) is -4.19. The van der Waals surface area contributed by atoms with Crippen molar-refractivity contribution in [3.8, 4) is 0 Å². The molecule has 1 rings (SSSR count). The van der Waals surface area contributed by atoms with Gasteiger partial charge in [-0.25, -0.2) is 8.42 Å². The molecule has 0 aliphatic rings. The van der Waals surface area contributed by atoms with Crippen LogP contribution in [0.4, 0.5) is 5.69 Å². The normalized spacial score (nSPS) is 12.9. The zero-order valence-corrected chi connectivity index (χ0v) is 14.3. The van der Waals surface area contributed by atoms with E-state index >= 15 is 0 Å². The van der Waals surface area contributed by atoms with Crippen molar-refractivity contribution in [3.63, 3.8) is 0 Å². The molecule has 0 aliphatic carbocycles. The number of aliphatic carboxylic acids is 1. The lowest BCUT2D eigenvalue weighted by atomic mass is 10.2. The zero-order valence-electron chi connectivity index (χ0n) is 11.9. The molecule has 1 atom stereocenters. The van der Waals surface area contributed by atoms with Crippen LogP contribution < -0.4 is 4.72 Å². The van der Waals surface area contributed by atoms with Gasteiger partial charge in [0, 0.05) is 16.1 Å². The minimum atomic E-state index is -4.19. The summed E-state index contributed by atoms with van der Waals surface area (Å²) in [6.07, 6.45) is 0.584. The number of nitrogens with zero attached hydrogens (tertiary/aromatic N) is 1. The van der Waals surface area contributed by atoms with Crippen molar-refractivity contribution < 1.29 is 23.2 Å². The van der Waals surface area contributed by atoms with Gasteiger partial charge in [0.2, 0.25) is 10.0 Å². The predicted octanol–water partition coefficient (Wildman–Crippen LogP) is 2.20. The third-order valence-corrected chi connectivity index (χ3v) is 5.25. The molecular formula is C12H15BrN2O6S. The van der Waals surface area contributed by atoms with Crippen molar-refractivity contribution in [3.05, 3.63) is 32.3 Å². The molecule has 0 radical (unpaired) electrons. The van der Waals surface area contributed by atoms with Gasteiger partial charge < -0.3 is 5.11 Å². The first kappa shape index (κ1) is 18.5. The average molecular weight is 395 g/mol. The number of sulfonamides is 1. The molecule has 1 unspecified atom stereocenters. The highest BCUT2D eigenvalue weighted by molar-refractivity contribution is 9.10. The molecule has 0 amide bonds. The average Bonchev–Trinajstić information content (AvgIpc) is 2.40. The van der Waals surface area contributed by atoms with Crippen LogP contribution in [0, 0.1) is 17.0 Å². The molecule has 122 valence electrons. The number of hydrogen-bond acceptors (Lipinski definition) is 5. The molecule has 0 aromatic heterocycles. The molecule has 10 heteroatoms. The second-order valence-electron chi connectivity index (χ2n) is 4.61. The molecule has 0 saturated carbocycles. The summed E-state index contributed by atoms with van der Waals surface area (Å²) in [6, 6.07) is 0.831. The van der Waals surface area contributed by atoms with Crippen molar-refractivity contribution in [1.82, 2.24) is 4.72 Å². The maximum absolute atomic E-state index is 12.2. The number of carboxylic acids is 1. The van der Waals surface area contributed by atoms with E-state index < -0.39 is 27.0 Å². The Morgan fingerprint density at radius 1 is 1.50 bits per heavy atom. The van der Waals surface area contributed by atoms with Crippen LogP contribution in [-0.4, -0.2) is 30.5 Å². The van der Waals surface area contributed by atoms with E-state index in [9.17, 15) is 23.3 Å². The molecule has 0 saturated heterocycles. The van der Waals surface area contributed by atoms with Gasteiger partial charge in [-0.15, -0.1) is 0 Å². The van der Waals surface area contributed by atoms with Crippen LogP contribution in [0.25, 0.3) is 0 Å². The third kappa shape index (κ3) is 4.24. The second-order valence-corrected chi connectivity index (χ2v) is 7.18. The van der Waals surface area contributed by atoms with Gasteiger partial charge in [-0.3, -0.25) is 14.9 Å². The van der Waals surface area contributed by atoms with Crippen LogP contribution in [0.2, 0.25) is 0 Å². The van der Waals surface area contributed by atoms with Gasteiger partial charge >= 0.3 is 5.97 Å². The minimum absolute atomic E-state index is 0.115. The summed E-state index contributed by atoms with van der Waals surface area (Å²) in [4.78, 5) is 21.0. The van der Waals surface area contributed by atoms with E-state index in [2.05, 4.69) is 20.7 Å². The molecule has 0 heterocycles. The number of nitrogens with one attached hydrogen (secondary N) is 1. The van der Waals surface area contributed by atoms with E-state index in [-0.39, 0.29) is 27.0 Å². The largest absolute Gasteiger partial charge is 0.480 e. The standard InChI is InChI=1S/C12H15BrN2O6S/c1-3-4-10(12(16)17)14-22(20,21)8-5-9(13)7(2)11(6-8)15(18)19/h5-6,10,14H,3-4H2,1-2H3,(H,16,17). The number of hydrogen-bond donors (Lipinski definition) is 2. The Morgan fingerprint density at radius 3 is 2.55 bits per heavy atom. The Hall–Kier alpha value is -1.52. The van der Waals surface area contributed by atoms with Crippen LogP contribution in [0.5, 0.6) is 0 Å². The van der Waals surface area contributed by atoms with Crippen molar-refractivity contribution in [2.45, 2.75) is 37.6 Å². The molecular weight excluding hydrogens is 380 g/mol. The summed E-state index contributed by atoms with van der Waals surface area (Å²) in [5.41, 5.74) is -0.0793. The molecule has 0 spiro atoms. The van der Waals surface area contributed by atoms with Crippen LogP contribution >= 0.6 is 15.9 Å². The number of nitro benzene ring substituents is 1. The third-order valence-electron chi connectivity index (χ3n) is 2.97.